The number of fused-ring (bicyclic) bond motifs is 1. The van der Waals surface area contributed by atoms with Gasteiger partial charge in [0.15, 0.2) is 0 Å². The van der Waals surface area contributed by atoms with Crippen LogP contribution >= 0.6 is 0 Å². The molecule has 0 aromatic carbocycles. The summed E-state index contributed by atoms with van der Waals surface area (Å²) in [4.78, 5) is 4.35. The Morgan fingerprint density at radius 3 is 2.86 bits per heavy atom. The first-order chi connectivity index (χ1) is 6.86. The van der Waals surface area contributed by atoms with E-state index >= 15 is 0 Å². The molecule has 0 bridgehead atoms. The Morgan fingerprint density at radius 1 is 1.29 bits per heavy atom. The van der Waals surface area contributed by atoms with Crippen LogP contribution in [0.5, 0.6) is 0 Å². The van der Waals surface area contributed by atoms with Gasteiger partial charge in [0, 0.05) is 18.7 Å². The van der Waals surface area contributed by atoms with Crippen LogP contribution in [0.15, 0.2) is 0 Å². The Balaban J connectivity index is 2.36. The van der Waals surface area contributed by atoms with Gasteiger partial charge >= 0.3 is 0 Å². The van der Waals surface area contributed by atoms with E-state index in [2.05, 4.69) is 9.55 Å². The lowest BCUT2D eigenvalue weighted by atomic mass is 10.1. The molecule has 0 aliphatic carbocycles. The lowest BCUT2D eigenvalue weighted by molar-refractivity contribution is 0.274. The van der Waals surface area contributed by atoms with Crippen LogP contribution in [0.3, 0.4) is 0 Å². The second-order valence-corrected chi connectivity index (χ2v) is 3.66. The Labute approximate surface area is 83.2 Å². The highest BCUT2D eigenvalue weighted by Crippen LogP contribution is 2.21. The third-order valence-corrected chi connectivity index (χ3v) is 2.76. The van der Waals surface area contributed by atoms with E-state index in [0.717, 1.165) is 24.5 Å². The maximum Gasteiger partial charge on any atom is 0.111 e. The number of rotatable bonds is 3. The van der Waals surface area contributed by atoms with Crippen molar-refractivity contribution in [2.45, 2.75) is 38.8 Å². The first-order valence-corrected chi connectivity index (χ1v) is 5.15. The predicted molar refractivity (Wildman–Crippen MR) is 51.9 cm³/mol. The molecular weight excluding hydrogens is 180 g/mol. The number of hydrogen-bond acceptors (Lipinski definition) is 3. The first kappa shape index (κ1) is 9.68. The molecule has 0 saturated heterocycles. The van der Waals surface area contributed by atoms with Crippen LogP contribution in [0, 0.1) is 0 Å². The summed E-state index contributed by atoms with van der Waals surface area (Å²) in [6.07, 6.45) is 3.95. The maximum atomic E-state index is 9.14. The van der Waals surface area contributed by atoms with Gasteiger partial charge in [0.05, 0.1) is 18.9 Å². The largest absolute Gasteiger partial charge is 0.396 e. The topological polar surface area (TPSA) is 58.3 Å². The van der Waals surface area contributed by atoms with Gasteiger partial charge in [-0.3, -0.25) is 0 Å². The Bertz CT molecular complexity index is 320. The van der Waals surface area contributed by atoms with Crippen LogP contribution in [0.1, 0.15) is 30.1 Å². The van der Waals surface area contributed by atoms with E-state index in [9.17, 15) is 0 Å². The van der Waals surface area contributed by atoms with Gasteiger partial charge in [-0.25, -0.2) is 4.98 Å². The molecule has 0 saturated carbocycles. The molecule has 0 spiro atoms. The van der Waals surface area contributed by atoms with E-state index in [1.165, 1.54) is 18.5 Å². The van der Waals surface area contributed by atoms with E-state index in [4.69, 9.17) is 10.2 Å². The van der Waals surface area contributed by atoms with Crippen molar-refractivity contribution in [2.24, 2.45) is 0 Å². The van der Waals surface area contributed by atoms with Gasteiger partial charge in [0.1, 0.15) is 5.82 Å². The van der Waals surface area contributed by atoms with Crippen molar-refractivity contribution in [3.8, 4) is 0 Å². The molecule has 78 valence electrons. The van der Waals surface area contributed by atoms with Crippen molar-refractivity contribution in [3.63, 3.8) is 0 Å². The highest BCUT2D eigenvalue weighted by atomic mass is 16.3. The summed E-state index contributed by atoms with van der Waals surface area (Å²) in [5.74, 6) is 0.922. The second kappa shape index (κ2) is 4.11. The Morgan fingerprint density at radius 2 is 2.14 bits per heavy atom. The third kappa shape index (κ3) is 1.55. The molecular formula is C10H16N2O2. The standard InChI is InChI=1S/C10H16N2O2/c13-6-4-10-11-8(7-14)9-3-1-2-5-12(9)10/h13-14H,1-7H2. The van der Waals surface area contributed by atoms with Crippen LogP contribution in [-0.4, -0.2) is 26.4 Å². The van der Waals surface area contributed by atoms with Gasteiger partial charge in [0.2, 0.25) is 0 Å². The number of hydrogen-bond donors (Lipinski definition) is 2. The lowest BCUT2D eigenvalue weighted by Crippen LogP contribution is -2.14. The molecule has 4 heteroatoms. The Hall–Kier alpha value is -0.870. The fourth-order valence-corrected chi connectivity index (χ4v) is 2.12. The molecule has 4 nitrogen and oxygen atoms in total. The summed E-state index contributed by atoms with van der Waals surface area (Å²) < 4.78 is 2.16. The summed E-state index contributed by atoms with van der Waals surface area (Å²) >= 11 is 0. The average Bonchev–Trinajstić information content (AvgIpc) is 2.58. The molecule has 0 atom stereocenters. The molecule has 14 heavy (non-hydrogen) atoms. The summed E-state index contributed by atoms with van der Waals surface area (Å²) in [7, 11) is 0. The number of aromatic nitrogens is 2. The molecule has 0 amide bonds. The molecule has 1 aromatic rings. The average molecular weight is 196 g/mol. The van der Waals surface area contributed by atoms with Gasteiger partial charge in [-0.1, -0.05) is 0 Å². The van der Waals surface area contributed by atoms with Crippen molar-refractivity contribution >= 4 is 0 Å². The molecule has 1 aliphatic heterocycles. The monoisotopic (exact) mass is 196 g/mol. The van der Waals surface area contributed by atoms with Gasteiger partial charge in [-0.2, -0.15) is 0 Å². The number of imidazole rings is 1. The van der Waals surface area contributed by atoms with E-state index in [0.29, 0.717) is 6.42 Å². The van der Waals surface area contributed by atoms with Crippen molar-refractivity contribution in [1.82, 2.24) is 9.55 Å². The maximum absolute atomic E-state index is 9.14. The SMILES string of the molecule is OCCc1nc(CO)c2n1CCCC2. The fourth-order valence-electron chi connectivity index (χ4n) is 2.12. The molecule has 2 rings (SSSR count). The molecule has 0 fully saturated rings. The van der Waals surface area contributed by atoms with Crippen LogP contribution < -0.4 is 0 Å². The van der Waals surface area contributed by atoms with Crippen LogP contribution in [0.25, 0.3) is 0 Å². The van der Waals surface area contributed by atoms with Gasteiger partial charge in [-0.15, -0.1) is 0 Å². The number of nitrogens with zero attached hydrogens (tertiary/aromatic N) is 2. The normalized spacial score (nSPS) is 15.6. The molecule has 2 N–H and O–H groups in total. The zero-order chi connectivity index (χ0) is 9.97. The molecule has 1 aromatic heterocycles. The van der Waals surface area contributed by atoms with Crippen molar-refractivity contribution in [2.75, 3.05) is 6.61 Å². The van der Waals surface area contributed by atoms with Crippen LogP contribution in [0.2, 0.25) is 0 Å². The van der Waals surface area contributed by atoms with Crippen LogP contribution in [-0.2, 0) is 26.0 Å². The zero-order valence-electron chi connectivity index (χ0n) is 8.24. The van der Waals surface area contributed by atoms with Gasteiger partial charge < -0.3 is 14.8 Å². The van der Waals surface area contributed by atoms with Crippen molar-refractivity contribution in [3.05, 3.63) is 17.2 Å². The Kier molecular flexibility index (Phi) is 2.84. The van der Waals surface area contributed by atoms with E-state index < -0.39 is 0 Å². The van der Waals surface area contributed by atoms with Crippen LogP contribution in [0.4, 0.5) is 0 Å². The smallest absolute Gasteiger partial charge is 0.111 e. The third-order valence-electron chi connectivity index (χ3n) is 2.76. The first-order valence-electron chi connectivity index (χ1n) is 5.15. The van der Waals surface area contributed by atoms with E-state index in [1.54, 1.807) is 0 Å². The molecule has 0 radical (unpaired) electrons. The highest BCUT2D eigenvalue weighted by molar-refractivity contribution is 5.18. The summed E-state index contributed by atoms with van der Waals surface area (Å²) in [5, 5.41) is 18.0. The minimum absolute atomic E-state index is 0.0146. The number of aliphatic hydroxyl groups is 2. The molecule has 1 aliphatic rings. The number of aliphatic hydroxyl groups excluding tert-OH is 2. The fraction of sp³-hybridized carbons (Fsp3) is 0.700. The highest BCUT2D eigenvalue weighted by Gasteiger charge is 2.18. The van der Waals surface area contributed by atoms with Crippen molar-refractivity contribution in [1.29, 1.82) is 0 Å². The van der Waals surface area contributed by atoms with Gasteiger partial charge in [0.25, 0.3) is 0 Å². The predicted octanol–water partition coefficient (Wildman–Crippen LogP) is 0.246. The van der Waals surface area contributed by atoms with Crippen molar-refractivity contribution < 1.29 is 10.2 Å². The van der Waals surface area contributed by atoms with E-state index in [-0.39, 0.29) is 13.2 Å². The van der Waals surface area contributed by atoms with Gasteiger partial charge in [-0.05, 0) is 19.3 Å². The minimum Gasteiger partial charge on any atom is -0.396 e. The second-order valence-electron chi connectivity index (χ2n) is 3.66. The molecule has 2 heterocycles. The quantitative estimate of drug-likeness (QED) is 0.728. The summed E-state index contributed by atoms with van der Waals surface area (Å²) in [5.41, 5.74) is 1.97. The minimum atomic E-state index is 0.0146. The zero-order valence-corrected chi connectivity index (χ0v) is 8.24. The van der Waals surface area contributed by atoms with E-state index in [1.807, 2.05) is 0 Å². The summed E-state index contributed by atoms with van der Waals surface area (Å²) in [6.45, 7) is 1.12. The lowest BCUT2D eigenvalue weighted by Gasteiger charge is -2.16. The summed E-state index contributed by atoms with van der Waals surface area (Å²) in [6, 6.07) is 0. The molecule has 0 unspecified atom stereocenters.